The van der Waals surface area contributed by atoms with Gasteiger partial charge in [0.05, 0.1) is 5.69 Å². The number of aryl methyl sites for hydroxylation is 2. The molecule has 0 N–H and O–H groups in total. The topological polar surface area (TPSA) is 8.17 Å². The molecule has 2 nitrogen and oxygen atoms in total. The van der Waals surface area contributed by atoms with Crippen molar-refractivity contribution in [3.63, 3.8) is 0 Å². The van der Waals surface area contributed by atoms with Crippen molar-refractivity contribution in [2.24, 2.45) is 0 Å². The molecule has 10 aromatic rings. The highest BCUT2D eigenvalue weighted by Gasteiger charge is 2.20. The Morgan fingerprint density at radius 2 is 1.02 bits per heavy atom. The number of rotatable bonds is 8. The first-order valence-electron chi connectivity index (χ1n) is 18.8. The van der Waals surface area contributed by atoms with Gasteiger partial charge in [-0.25, -0.2) is 0 Å². The van der Waals surface area contributed by atoms with Crippen LogP contribution in [-0.4, -0.2) is 4.57 Å². The van der Waals surface area contributed by atoms with Crippen LogP contribution in [-0.2, 0) is 13.0 Å². The molecule has 1 heterocycles. The molecule has 9 aromatic carbocycles. The van der Waals surface area contributed by atoms with Crippen molar-refractivity contribution in [1.82, 2.24) is 4.57 Å². The lowest BCUT2D eigenvalue weighted by Crippen LogP contribution is -2.14. The monoisotopic (exact) mass is 690 g/mol. The standard InChI is InChI=1S/C52H38N2/c1-3-16-37(17-4-1)42-24-13-25-43(36-42)54(49-31-15-22-38-20-7-9-26-44(38)49)47-29-11-8-21-40(47)34-35-53-48-30-12-10-27-46(48)52-50(53)33-32-41-23-14-28-45(51(41)52)39-18-5-2-6-19-39/h1-33,36H,34-35H2. The summed E-state index contributed by atoms with van der Waals surface area (Å²) in [5, 5.41) is 7.65. The Kier molecular flexibility index (Phi) is 8.00. The van der Waals surface area contributed by atoms with Crippen molar-refractivity contribution in [1.29, 1.82) is 0 Å². The van der Waals surface area contributed by atoms with Crippen LogP contribution >= 0.6 is 0 Å². The second kappa shape index (κ2) is 13.6. The van der Waals surface area contributed by atoms with Gasteiger partial charge in [0, 0.05) is 45.1 Å². The number of aromatic nitrogens is 1. The summed E-state index contributed by atoms with van der Waals surface area (Å²) in [6.07, 6.45) is 0.863. The van der Waals surface area contributed by atoms with Crippen LogP contribution in [0.25, 0.3) is 65.6 Å². The average Bonchev–Trinajstić information content (AvgIpc) is 3.57. The number of hydrogen-bond acceptors (Lipinski definition) is 1. The molecule has 0 radical (unpaired) electrons. The summed E-state index contributed by atoms with van der Waals surface area (Å²) in [5.74, 6) is 0. The fourth-order valence-electron chi connectivity index (χ4n) is 8.45. The quantitative estimate of drug-likeness (QED) is 0.154. The van der Waals surface area contributed by atoms with E-state index in [1.165, 1.54) is 82.5 Å². The maximum atomic E-state index is 2.54. The number of benzene rings is 9. The van der Waals surface area contributed by atoms with Gasteiger partial charge in [0.25, 0.3) is 0 Å². The fraction of sp³-hybridized carbons (Fsp3) is 0.0385. The Labute approximate surface area is 315 Å². The van der Waals surface area contributed by atoms with E-state index in [1.807, 2.05) is 0 Å². The summed E-state index contributed by atoms with van der Waals surface area (Å²) in [4.78, 5) is 2.47. The van der Waals surface area contributed by atoms with Gasteiger partial charge in [-0.15, -0.1) is 0 Å². The van der Waals surface area contributed by atoms with Crippen LogP contribution in [0.4, 0.5) is 17.1 Å². The van der Waals surface area contributed by atoms with E-state index in [4.69, 9.17) is 0 Å². The Bertz CT molecular complexity index is 2930. The second-order valence-electron chi connectivity index (χ2n) is 14.0. The van der Waals surface area contributed by atoms with E-state index >= 15 is 0 Å². The van der Waals surface area contributed by atoms with Gasteiger partial charge < -0.3 is 9.47 Å². The molecule has 0 unspecified atom stereocenters. The zero-order valence-electron chi connectivity index (χ0n) is 29.9. The highest BCUT2D eigenvalue weighted by atomic mass is 15.1. The Morgan fingerprint density at radius 3 is 1.89 bits per heavy atom. The van der Waals surface area contributed by atoms with Gasteiger partial charge in [0.15, 0.2) is 0 Å². The molecule has 0 spiro atoms. The van der Waals surface area contributed by atoms with Crippen LogP contribution < -0.4 is 4.90 Å². The molecule has 10 rings (SSSR count). The van der Waals surface area contributed by atoms with Gasteiger partial charge in [-0.1, -0.05) is 170 Å². The molecule has 0 aliphatic rings. The number of nitrogens with zero attached hydrogens (tertiary/aromatic N) is 2. The molecule has 0 amide bonds. The molecule has 1 aromatic heterocycles. The molecule has 0 aliphatic heterocycles. The summed E-state index contributed by atoms with van der Waals surface area (Å²) in [6, 6.07) is 75.0. The number of anilines is 3. The van der Waals surface area contributed by atoms with Crippen LogP contribution in [0.15, 0.2) is 206 Å². The summed E-state index contributed by atoms with van der Waals surface area (Å²) >= 11 is 0. The van der Waals surface area contributed by atoms with E-state index in [1.54, 1.807) is 0 Å². The van der Waals surface area contributed by atoms with Crippen LogP contribution in [0, 0.1) is 0 Å². The predicted octanol–water partition coefficient (Wildman–Crippen LogP) is 14.1. The molecule has 0 saturated heterocycles. The maximum Gasteiger partial charge on any atom is 0.0540 e. The van der Waals surface area contributed by atoms with E-state index in [0.29, 0.717) is 0 Å². The lowest BCUT2D eigenvalue weighted by molar-refractivity contribution is 0.745. The smallest absolute Gasteiger partial charge is 0.0540 e. The first-order chi connectivity index (χ1) is 26.8. The van der Waals surface area contributed by atoms with Gasteiger partial charge in [-0.2, -0.15) is 0 Å². The average molecular weight is 691 g/mol. The predicted molar refractivity (Wildman–Crippen MR) is 230 cm³/mol. The van der Waals surface area contributed by atoms with Crippen LogP contribution in [0.5, 0.6) is 0 Å². The Hall–Kier alpha value is -6.90. The number of para-hydroxylation sites is 2. The van der Waals surface area contributed by atoms with Gasteiger partial charge >= 0.3 is 0 Å². The van der Waals surface area contributed by atoms with Gasteiger partial charge in [0.2, 0.25) is 0 Å². The SMILES string of the molecule is c1ccc(-c2cccc(N(c3ccccc3CCn3c4ccccc4c4c5c(-c6ccccc6)cccc5ccc43)c3cccc4ccccc34)c2)cc1. The number of fused-ring (bicyclic) bond motifs is 6. The summed E-state index contributed by atoms with van der Waals surface area (Å²) < 4.78 is 2.54. The lowest BCUT2D eigenvalue weighted by Gasteiger charge is -2.29. The van der Waals surface area contributed by atoms with Crippen molar-refractivity contribution in [3.05, 3.63) is 212 Å². The second-order valence-corrected chi connectivity index (χ2v) is 14.0. The Balaban J connectivity index is 1.13. The minimum Gasteiger partial charge on any atom is -0.340 e. The van der Waals surface area contributed by atoms with E-state index < -0.39 is 0 Å². The first kappa shape index (κ1) is 31.8. The first-order valence-corrected chi connectivity index (χ1v) is 18.8. The molecule has 0 fully saturated rings. The third-order valence-electron chi connectivity index (χ3n) is 10.9. The number of hydrogen-bond donors (Lipinski definition) is 0. The highest BCUT2D eigenvalue weighted by Crippen LogP contribution is 2.43. The van der Waals surface area contributed by atoms with Crippen molar-refractivity contribution in [2.75, 3.05) is 4.90 Å². The molecule has 0 bridgehead atoms. The van der Waals surface area contributed by atoms with Crippen LogP contribution in [0.1, 0.15) is 5.56 Å². The summed E-state index contributed by atoms with van der Waals surface area (Å²) in [7, 11) is 0. The zero-order chi connectivity index (χ0) is 35.8. The van der Waals surface area contributed by atoms with Crippen molar-refractivity contribution in [2.45, 2.75) is 13.0 Å². The molecule has 0 atom stereocenters. The van der Waals surface area contributed by atoms with Gasteiger partial charge in [-0.3, -0.25) is 0 Å². The minimum absolute atomic E-state index is 0.841. The maximum absolute atomic E-state index is 2.54. The van der Waals surface area contributed by atoms with E-state index in [9.17, 15) is 0 Å². The summed E-state index contributed by atoms with van der Waals surface area (Å²) in [6.45, 7) is 0.841. The molecule has 0 saturated carbocycles. The molecule has 54 heavy (non-hydrogen) atoms. The minimum atomic E-state index is 0.841. The molecule has 0 aliphatic carbocycles. The Morgan fingerprint density at radius 1 is 0.389 bits per heavy atom. The zero-order valence-corrected chi connectivity index (χ0v) is 29.9. The molecular formula is C52H38N2. The van der Waals surface area contributed by atoms with Crippen LogP contribution in [0.2, 0.25) is 0 Å². The van der Waals surface area contributed by atoms with Crippen LogP contribution in [0.3, 0.4) is 0 Å². The molecular weight excluding hydrogens is 653 g/mol. The van der Waals surface area contributed by atoms with E-state index in [2.05, 4.69) is 216 Å². The third kappa shape index (κ3) is 5.52. The van der Waals surface area contributed by atoms with Gasteiger partial charge in [-0.05, 0) is 86.8 Å². The highest BCUT2D eigenvalue weighted by molar-refractivity contribution is 6.24. The van der Waals surface area contributed by atoms with Crippen molar-refractivity contribution in [3.8, 4) is 22.3 Å². The van der Waals surface area contributed by atoms with Crippen molar-refractivity contribution < 1.29 is 0 Å². The van der Waals surface area contributed by atoms with E-state index in [-0.39, 0.29) is 0 Å². The summed E-state index contributed by atoms with van der Waals surface area (Å²) in [5.41, 5.74) is 12.3. The molecule has 2 heteroatoms. The lowest BCUT2D eigenvalue weighted by atomic mass is 9.94. The van der Waals surface area contributed by atoms with E-state index in [0.717, 1.165) is 18.7 Å². The fourth-order valence-corrected chi connectivity index (χ4v) is 8.45. The van der Waals surface area contributed by atoms with Crippen molar-refractivity contribution >= 4 is 60.4 Å². The third-order valence-corrected chi connectivity index (χ3v) is 10.9. The molecule has 256 valence electrons. The van der Waals surface area contributed by atoms with Gasteiger partial charge in [0.1, 0.15) is 0 Å². The largest absolute Gasteiger partial charge is 0.340 e. The normalized spacial score (nSPS) is 11.5.